The fourth-order valence-electron chi connectivity index (χ4n) is 3.17. The second-order valence-electron chi connectivity index (χ2n) is 6.74. The number of carbonyl (C=O) groups excluding carboxylic acids is 1. The van der Waals surface area contributed by atoms with E-state index in [1.807, 2.05) is 18.2 Å². The summed E-state index contributed by atoms with van der Waals surface area (Å²) < 4.78 is 17.9. The average Bonchev–Trinajstić information content (AvgIpc) is 3.32. The molecular weight excluding hydrogens is 384 g/mol. The Morgan fingerprint density at radius 3 is 2.70 bits per heavy atom. The number of rotatable bonds is 9. The first-order valence-electron chi connectivity index (χ1n) is 9.29. The van der Waals surface area contributed by atoms with E-state index in [9.17, 15) is 9.00 Å². The normalized spacial score (nSPS) is 15.7. The molecule has 0 radical (unpaired) electrons. The third-order valence-electron chi connectivity index (χ3n) is 4.60. The Hall–Kier alpha value is -1.63. The Morgan fingerprint density at radius 1 is 1.15 bits per heavy atom. The van der Waals surface area contributed by atoms with E-state index in [4.69, 9.17) is 16.0 Å². The predicted octanol–water partition coefficient (Wildman–Crippen LogP) is 3.60. The molecule has 0 spiro atoms. The zero-order valence-corrected chi connectivity index (χ0v) is 16.9. The van der Waals surface area contributed by atoms with Crippen LogP contribution in [0.2, 0.25) is 5.02 Å². The van der Waals surface area contributed by atoms with E-state index < -0.39 is 10.8 Å². The standard InChI is InChI=1S/C20H25ClN2O3S/c21-18-7-2-1-6-16(18)14-27(25)15-17-8-9-19(26-17)20(24)22-10-5-13-23-11-3-4-12-23/h1-2,6-9H,3-5,10-15H2,(H,22,24)/t27-/m0/s1. The lowest BCUT2D eigenvalue weighted by Crippen LogP contribution is -2.28. The van der Waals surface area contributed by atoms with Gasteiger partial charge in [-0.3, -0.25) is 9.00 Å². The summed E-state index contributed by atoms with van der Waals surface area (Å²) in [6, 6.07) is 10.7. The van der Waals surface area contributed by atoms with Crippen LogP contribution in [-0.2, 0) is 22.3 Å². The maximum Gasteiger partial charge on any atom is 0.286 e. The number of carbonyl (C=O) groups is 1. The highest BCUT2D eigenvalue weighted by Crippen LogP contribution is 2.19. The van der Waals surface area contributed by atoms with Crippen LogP contribution in [-0.4, -0.2) is 41.2 Å². The molecule has 3 rings (SSSR count). The first-order valence-corrected chi connectivity index (χ1v) is 11.2. The van der Waals surface area contributed by atoms with E-state index >= 15 is 0 Å². The van der Waals surface area contributed by atoms with Gasteiger partial charge in [-0.1, -0.05) is 29.8 Å². The Balaban J connectivity index is 1.42. The van der Waals surface area contributed by atoms with Crippen molar-refractivity contribution in [2.45, 2.75) is 30.8 Å². The molecule has 1 amide bonds. The van der Waals surface area contributed by atoms with Crippen molar-refractivity contribution >= 4 is 28.3 Å². The Kier molecular flexibility index (Phi) is 7.50. The lowest BCUT2D eigenvalue weighted by atomic mass is 10.2. The molecule has 0 saturated carbocycles. The second-order valence-corrected chi connectivity index (χ2v) is 8.61. The van der Waals surface area contributed by atoms with Crippen LogP contribution < -0.4 is 5.32 Å². The van der Waals surface area contributed by atoms with Crippen molar-refractivity contribution in [1.29, 1.82) is 0 Å². The van der Waals surface area contributed by atoms with E-state index in [0.717, 1.165) is 18.5 Å². The van der Waals surface area contributed by atoms with Gasteiger partial charge in [0.05, 0.1) is 11.5 Å². The highest BCUT2D eigenvalue weighted by atomic mass is 35.5. The Morgan fingerprint density at radius 2 is 1.93 bits per heavy atom. The first-order chi connectivity index (χ1) is 13.1. The molecular formula is C20H25ClN2O3S. The molecule has 1 aliphatic rings. The minimum Gasteiger partial charge on any atom is -0.455 e. The van der Waals surface area contributed by atoms with Crippen molar-refractivity contribution in [1.82, 2.24) is 10.2 Å². The van der Waals surface area contributed by atoms with Gasteiger partial charge < -0.3 is 14.6 Å². The fourth-order valence-corrected chi connectivity index (χ4v) is 4.63. The van der Waals surface area contributed by atoms with Gasteiger partial charge in [0, 0.05) is 22.4 Å². The number of furan rings is 1. The van der Waals surface area contributed by atoms with E-state index in [1.54, 1.807) is 18.2 Å². The van der Waals surface area contributed by atoms with Crippen molar-refractivity contribution in [3.8, 4) is 0 Å². The van der Waals surface area contributed by atoms with Gasteiger partial charge in [-0.15, -0.1) is 0 Å². The van der Waals surface area contributed by atoms with Crippen LogP contribution in [0, 0.1) is 0 Å². The highest BCUT2D eigenvalue weighted by molar-refractivity contribution is 7.83. The third-order valence-corrected chi connectivity index (χ3v) is 6.21. The van der Waals surface area contributed by atoms with E-state index in [2.05, 4.69) is 10.2 Å². The van der Waals surface area contributed by atoms with Crippen molar-refractivity contribution in [2.24, 2.45) is 0 Å². The lowest BCUT2D eigenvalue weighted by Gasteiger charge is -2.13. The largest absolute Gasteiger partial charge is 0.455 e. The molecule has 1 N–H and O–H groups in total. The molecule has 1 aliphatic heterocycles. The van der Waals surface area contributed by atoms with Crippen LogP contribution in [0.4, 0.5) is 0 Å². The number of nitrogens with zero attached hydrogens (tertiary/aromatic N) is 1. The minimum atomic E-state index is -1.16. The number of hydrogen-bond donors (Lipinski definition) is 1. The van der Waals surface area contributed by atoms with Gasteiger partial charge in [-0.2, -0.15) is 0 Å². The van der Waals surface area contributed by atoms with Gasteiger partial charge in [0.15, 0.2) is 5.76 Å². The number of nitrogens with one attached hydrogen (secondary N) is 1. The van der Waals surface area contributed by atoms with E-state index in [1.165, 1.54) is 25.9 Å². The summed E-state index contributed by atoms with van der Waals surface area (Å²) in [6.07, 6.45) is 3.49. The summed E-state index contributed by atoms with van der Waals surface area (Å²) in [6.45, 7) is 3.98. The van der Waals surface area contributed by atoms with Gasteiger partial charge in [-0.25, -0.2) is 0 Å². The molecule has 0 bridgehead atoms. The molecule has 5 nitrogen and oxygen atoms in total. The summed E-state index contributed by atoms with van der Waals surface area (Å²) in [4.78, 5) is 14.6. The van der Waals surface area contributed by atoms with Crippen molar-refractivity contribution in [3.63, 3.8) is 0 Å². The SMILES string of the molecule is O=C(NCCCN1CCCC1)c1ccc(C[S@@](=O)Cc2ccccc2Cl)o1. The molecule has 27 heavy (non-hydrogen) atoms. The number of amides is 1. The summed E-state index contributed by atoms with van der Waals surface area (Å²) in [5, 5.41) is 3.49. The second kappa shape index (κ2) is 10.1. The van der Waals surface area contributed by atoms with Gasteiger partial charge in [0.2, 0.25) is 0 Å². The molecule has 2 heterocycles. The minimum absolute atomic E-state index is 0.223. The molecule has 1 aromatic carbocycles. The van der Waals surface area contributed by atoms with E-state index in [-0.39, 0.29) is 17.4 Å². The highest BCUT2D eigenvalue weighted by Gasteiger charge is 2.14. The monoisotopic (exact) mass is 408 g/mol. The molecule has 0 aliphatic carbocycles. The predicted molar refractivity (Wildman–Crippen MR) is 108 cm³/mol. The van der Waals surface area contributed by atoms with Crippen LogP contribution in [0.15, 0.2) is 40.8 Å². The molecule has 0 unspecified atom stereocenters. The number of benzene rings is 1. The van der Waals surface area contributed by atoms with Crippen LogP contribution in [0.5, 0.6) is 0 Å². The van der Waals surface area contributed by atoms with Gasteiger partial charge >= 0.3 is 0 Å². The number of hydrogen-bond acceptors (Lipinski definition) is 4. The maximum absolute atomic E-state index is 12.3. The van der Waals surface area contributed by atoms with Gasteiger partial charge in [0.25, 0.3) is 5.91 Å². The van der Waals surface area contributed by atoms with Crippen LogP contribution in [0.25, 0.3) is 0 Å². The van der Waals surface area contributed by atoms with Crippen molar-refractivity contribution < 1.29 is 13.4 Å². The molecule has 7 heteroatoms. The molecule has 1 aromatic heterocycles. The Bertz CT molecular complexity index is 787. The zero-order chi connectivity index (χ0) is 19.1. The number of likely N-dealkylation sites (tertiary alicyclic amines) is 1. The topological polar surface area (TPSA) is 62.6 Å². The summed E-state index contributed by atoms with van der Waals surface area (Å²) in [7, 11) is -1.16. The Labute approximate surface area is 167 Å². The summed E-state index contributed by atoms with van der Waals surface area (Å²) >= 11 is 6.11. The molecule has 2 aromatic rings. The number of halogens is 1. The van der Waals surface area contributed by atoms with E-state index in [0.29, 0.717) is 23.1 Å². The zero-order valence-electron chi connectivity index (χ0n) is 15.3. The van der Waals surface area contributed by atoms with Crippen LogP contribution >= 0.6 is 11.6 Å². The molecule has 1 saturated heterocycles. The lowest BCUT2D eigenvalue weighted by molar-refractivity contribution is 0.0923. The van der Waals surface area contributed by atoms with Crippen molar-refractivity contribution in [2.75, 3.05) is 26.2 Å². The van der Waals surface area contributed by atoms with Crippen molar-refractivity contribution in [3.05, 3.63) is 58.5 Å². The summed E-state index contributed by atoms with van der Waals surface area (Å²) in [5.74, 6) is 1.20. The van der Waals surface area contributed by atoms with Gasteiger partial charge in [0.1, 0.15) is 5.76 Å². The third kappa shape index (κ3) is 6.19. The molecule has 1 atom stereocenters. The fraction of sp³-hybridized carbons (Fsp3) is 0.450. The molecule has 1 fully saturated rings. The first kappa shape index (κ1) is 20.1. The van der Waals surface area contributed by atoms with Crippen LogP contribution in [0.3, 0.4) is 0 Å². The smallest absolute Gasteiger partial charge is 0.286 e. The molecule has 146 valence electrons. The van der Waals surface area contributed by atoms with Gasteiger partial charge in [-0.05, 0) is 62.7 Å². The summed E-state index contributed by atoms with van der Waals surface area (Å²) in [5.41, 5.74) is 0.847. The quantitative estimate of drug-likeness (QED) is 0.644. The van der Waals surface area contributed by atoms with Crippen LogP contribution in [0.1, 0.15) is 41.1 Å². The average molecular weight is 409 g/mol. The maximum atomic E-state index is 12.3.